The fourth-order valence-corrected chi connectivity index (χ4v) is 3.25. The van der Waals surface area contributed by atoms with Crippen molar-refractivity contribution in [1.82, 2.24) is 15.1 Å². The van der Waals surface area contributed by atoms with Crippen LogP contribution in [0.4, 0.5) is 4.79 Å². The SMILES string of the molecule is O=C(O)N1CCC(C(c2ccccc2)c2cccnn2)CC1. The number of carboxylic acid groups (broad SMARTS) is 1. The number of rotatable bonds is 3. The molecule has 1 aliphatic rings. The van der Waals surface area contributed by atoms with E-state index in [2.05, 4.69) is 22.3 Å². The highest BCUT2D eigenvalue weighted by atomic mass is 16.4. The number of carbonyl (C=O) groups is 1. The third kappa shape index (κ3) is 3.08. The van der Waals surface area contributed by atoms with Gasteiger partial charge in [0.15, 0.2) is 0 Å². The second kappa shape index (κ2) is 6.56. The summed E-state index contributed by atoms with van der Waals surface area (Å²) in [4.78, 5) is 12.6. The van der Waals surface area contributed by atoms with Gasteiger partial charge in [0.25, 0.3) is 0 Å². The summed E-state index contributed by atoms with van der Waals surface area (Å²) in [6.45, 7) is 1.17. The molecule has 1 unspecified atom stereocenters. The van der Waals surface area contributed by atoms with Gasteiger partial charge in [-0.05, 0) is 36.5 Å². The molecule has 0 saturated carbocycles. The van der Waals surface area contributed by atoms with Crippen molar-refractivity contribution in [1.29, 1.82) is 0 Å². The molecular formula is C17H19N3O2. The smallest absolute Gasteiger partial charge is 0.407 e. The van der Waals surface area contributed by atoms with Gasteiger partial charge in [0.05, 0.1) is 5.69 Å². The Morgan fingerprint density at radius 3 is 2.45 bits per heavy atom. The minimum absolute atomic E-state index is 0.172. The fraction of sp³-hybridized carbons (Fsp3) is 0.353. The van der Waals surface area contributed by atoms with Crippen LogP contribution in [0.25, 0.3) is 0 Å². The molecule has 1 saturated heterocycles. The highest BCUT2D eigenvalue weighted by Crippen LogP contribution is 2.36. The maximum absolute atomic E-state index is 11.1. The summed E-state index contributed by atoms with van der Waals surface area (Å²) in [5, 5.41) is 17.4. The minimum atomic E-state index is -0.825. The molecule has 1 fully saturated rings. The van der Waals surface area contributed by atoms with Crippen LogP contribution in [0.15, 0.2) is 48.7 Å². The Kier molecular flexibility index (Phi) is 4.32. The zero-order chi connectivity index (χ0) is 15.4. The van der Waals surface area contributed by atoms with E-state index in [0.717, 1.165) is 18.5 Å². The molecule has 0 spiro atoms. The quantitative estimate of drug-likeness (QED) is 0.945. The lowest BCUT2D eigenvalue weighted by Gasteiger charge is -2.34. The summed E-state index contributed by atoms with van der Waals surface area (Å²) in [6, 6.07) is 14.2. The van der Waals surface area contributed by atoms with E-state index in [1.807, 2.05) is 30.3 Å². The summed E-state index contributed by atoms with van der Waals surface area (Å²) < 4.78 is 0. The lowest BCUT2D eigenvalue weighted by Crippen LogP contribution is -2.39. The average Bonchev–Trinajstić information content (AvgIpc) is 2.57. The predicted molar refractivity (Wildman–Crippen MR) is 82.6 cm³/mol. The first kappa shape index (κ1) is 14.5. The average molecular weight is 297 g/mol. The Morgan fingerprint density at radius 2 is 1.86 bits per heavy atom. The highest BCUT2D eigenvalue weighted by molar-refractivity contribution is 5.65. The fourth-order valence-electron chi connectivity index (χ4n) is 3.25. The van der Waals surface area contributed by atoms with Crippen LogP contribution < -0.4 is 0 Å². The first-order chi connectivity index (χ1) is 10.8. The monoisotopic (exact) mass is 297 g/mol. The van der Waals surface area contributed by atoms with Gasteiger partial charge >= 0.3 is 6.09 Å². The van der Waals surface area contributed by atoms with Crippen LogP contribution in [-0.2, 0) is 0 Å². The lowest BCUT2D eigenvalue weighted by atomic mass is 9.78. The molecule has 3 rings (SSSR count). The summed E-state index contributed by atoms with van der Waals surface area (Å²) >= 11 is 0. The van der Waals surface area contributed by atoms with Crippen LogP contribution in [0, 0.1) is 5.92 Å². The van der Waals surface area contributed by atoms with Crippen LogP contribution in [0.5, 0.6) is 0 Å². The number of hydrogen-bond donors (Lipinski definition) is 1. The van der Waals surface area contributed by atoms with Crippen molar-refractivity contribution in [2.75, 3.05) is 13.1 Å². The molecule has 5 heteroatoms. The maximum Gasteiger partial charge on any atom is 0.407 e. The number of amides is 1. The molecule has 114 valence electrons. The number of piperidine rings is 1. The predicted octanol–water partition coefficient (Wildman–Crippen LogP) is 3.00. The van der Waals surface area contributed by atoms with Gasteiger partial charge in [0, 0.05) is 25.2 Å². The number of aromatic nitrogens is 2. The summed E-state index contributed by atoms with van der Waals surface area (Å²) in [7, 11) is 0. The first-order valence-electron chi connectivity index (χ1n) is 7.56. The Labute approximate surface area is 129 Å². The molecule has 0 aliphatic carbocycles. The van der Waals surface area contributed by atoms with Crippen molar-refractivity contribution in [3.05, 3.63) is 59.9 Å². The van der Waals surface area contributed by atoms with Gasteiger partial charge in [-0.25, -0.2) is 4.79 Å². The Hall–Kier alpha value is -2.43. The van der Waals surface area contributed by atoms with E-state index in [-0.39, 0.29) is 5.92 Å². The molecule has 1 N–H and O–H groups in total. The molecule has 1 aromatic heterocycles. The standard InChI is InChI=1S/C17H19N3O2/c21-17(22)20-11-8-14(9-12-20)16(13-5-2-1-3-6-13)15-7-4-10-18-19-15/h1-7,10,14,16H,8-9,11-12H2,(H,21,22). The number of likely N-dealkylation sites (tertiary alicyclic amines) is 1. The van der Waals surface area contributed by atoms with Gasteiger partial charge < -0.3 is 10.0 Å². The maximum atomic E-state index is 11.1. The van der Waals surface area contributed by atoms with Gasteiger partial charge in [-0.15, -0.1) is 0 Å². The Balaban J connectivity index is 1.86. The topological polar surface area (TPSA) is 66.3 Å². The molecule has 22 heavy (non-hydrogen) atoms. The van der Waals surface area contributed by atoms with E-state index < -0.39 is 6.09 Å². The largest absolute Gasteiger partial charge is 0.465 e. The van der Waals surface area contributed by atoms with Crippen LogP contribution in [-0.4, -0.2) is 39.4 Å². The van der Waals surface area contributed by atoms with Crippen molar-refractivity contribution < 1.29 is 9.90 Å². The normalized spacial score (nSPS) is 17.2. The van der Waals surface area contributed by atoms with Crippen LogP contribution in [0.2, 0.25) is 0 Å². The molecule has 0 bridgehead atoms. The summed E-state index contributed by atoms with van der Waals surface area (Å²) in [5.74, 6) is 0.556. The van der Waals surface area contributed by atoms with E-state index in [0.29, 0.717) is 19.0 Å². The second-order valence-corrected chi connectivity index (χ2v) is 5.64. The first-order valence-corrected chi connectivity index (χ1v) is 7.56. The van der Waals surface area contributed by atoms with Gasteiger partial charge in [0.2, 0.25) is 0 Å². The number of nitrogens with zero attached hydrogens (tertiary/aromatic N) is 3. The van der Waals surface area contributed by atoms with E-state index in [9.17, 15) is 4.79 Å². The van der Waals surface area contributed by atoms with Gasteiger partial charge in [-0.3, -0.25) is 0 Å². The van der Waals surface area contributed by atoms with Crippen molar-refractivity contribution in [3.8, 4) is 0 Å². The van der Waals surface area contributed by atoms with Gasteiger partial charge in [-0.1, -0.05) is 30.3 Å². The molecule has 1 aliphatic heterocycles. The van der Waals surface area contributed by atoms with Crippen LogP contribution >= 0.6 is 0 Å². The molecule has 1 amide bonds. The third-order valence-electron chi connectivity index (χ3n) is 4.35. The van der Waals surface area contributed by atoms with Crippen molar-refractivity contribution in [2.45, 2.75) is 18.8 Å². The lowest BCUT2D eigenvalue weighted by molar-refractivity contribution is 0.121. The Morgan fingerprint density at radius 1 is 1.14 bits per heavy atom. The second-order valence-electron chi connectivity index (χ2n) is 5.64. The highest BCUT2D eigenvalue weighted by Gasteiger charge is 2.31. The van der Waals surface area contributed by atoms with Crippen LogP contribution in [0.3, 0.4) is 0 Å². The van der Waals surface area contributed by atoms with Crippen molar-refractivity contribution in [3.63, 3.8) is 0 Å². The number of hydrogen-bond acceptors (Lipinski definition) is 3. The van der Waals surface area contributed by atoms with Gasteiger partial charge in [0.1, 0.15) is 0 Å². The van der Waals surface area contributed by atoms with E-state index in [4.69, 9.17) is 5.11 Å². The van der Waals surface area contributed by atoms with E-state index in [1.165, 1.54) is 10.5 Å². The zero-order valence-corrected chi connectivity index (χ0v) is 12.3. The minimum Gasteiger partial charge on any atom is -0.465 e. The molecule has 1 aromatic carbocycles. The van der Waals surface area contributed by atoms with Crippen molar-refractivity contribution >= 4 is 6.09 Å². The van der Waals surface area contributed by atoms with Crippen LogP contribution in [0.1, 0.15) is 30.0 Å². The molecule has 0 radical (unpaired) electrons. The zero-order valence-electron chi connectivity index (χ0n) is 12.3. The Bertz CT molecular complexity index is 571. The molecular weight excluding hydrogens is 278 g/mol. The molecule has 5 nitrogen and oxygen atoms in total. The summed E-state index contributed by atoms with van der Waals surface area (Å²) in [6.07, 6.45) is 2.55. The molecule has 2 aromatic rings. The molecule has 1 atom stereocenters. The molecule has 2 heterocycles. The summed E-state index contributed by atoms with van der Waals surface area (Å²) in [5.41, 5.74) is 2.18. The van der Waals surface area contributed by atoms with Crippen molar-refractivity contribution in [2.24, 2.45) is 5.92 Å². The third-order valence-corrected chi connectivity index (χ3v) is 4.35. The van der Waals surface area contributed by atoms with E-state index >= 15 is 0 Å². The van der Waals surface area contributed by atoms with E-state index in [1.54, 1.807) is 6.20 Å². The number of benzene rings is 1. The van der Waals surface area contributed by atoms with Gasteiger partial charge in [-0.2, -0.15) is 10.2 Å².